The van der Waals surface area contributed by atoms with E-state index in [0.717, 1.165) is 0 Å². The Morgan fingerprint density at radius 2 is 1.83 bits per heavy atom. The fraction of sp³-hybridized carbons (Fsp3) is 0.133. The summed E-state index contributed by atoms with van der Waals surface area (Å²) >= 11 is 6.02. The summed E-state index contributed by atoms with van der Waals surface area (Å²) in [6.45, 7) is 1.82. The predicted octanol–water partition coefficient (Wildman–Crippen LogP) is 3.92. The van der Waals surface area contributed by atoms with E-state index >= 15 is 0 Å². The van der Waals surface area contributed by atoms with Crippen LogP contribution in [0, 0.1) is 6.92 Å². The first-order chi connectivity index (χ1) is 11.1. The van der Waals surface area contributed by atoms with Gasteiger partial charge in [0.15, 0.2) is 5.82 Å². The largest absolute Gasteiger partial charge is 0.495 e. The number of methoxy groups -OCH3 is 1. The third-order valence-electron chi connectivity index (χ3n) is 2.98. The van der Waals surface area contributed by atoms with Gasteiger partial charge in [0.25, 0.3) is 0 Å². The second-order valence-corrected chi connectivity index (χ2v) is 5.14. The van der Waals surface area contributed by atoms with Crippen LogP contribution < -0.4 is 15.4 Å². The first-order valence-electron chi connectivity index (χ1n) is 6.77. The monoisotopic (exact) mass is 331 g/mol. The lowest BCUT2D eigenvalue weighted by Gasteiger charge is -2.11. The molecule has 0 spiro atoms. The van der Waals surface area contributed by atoms with E-state index in [1.54, 1.807) is 37.4 Å². The average molecular weight is 332 g/mol. The van der Waals surface area contributed by atoms with Gasteiger partial charge in [0.05, 0.1) is 12.8 Å². The van der Waals surface area contributed by atoms with Gasteiger partial charge in [0, 0.05) is 17.2 Å². The highest BCUT2D eigenvalue weighted by Gasteiger charge is 2.07. The van der Waals surface area contributed by atoms with Gasteiger partial charge >= 0.3 is 0 Å². The Bertz CT molecular complexity index is 821. The molecule has 0 fully saturated rings. The number of aromatic nitrogens is 3. The smallest absolute Gasteiger partial charge is 0.175 e. The summed E-state index contributed by atoms with van der Waals surface area (Å²) in [7, 11) is 1.59. The van der Waals surface area contributed by atoms with Crippen LogP contribution >= 0.6 is 11.6 Å². The number of anilines is 4. The van der Waals surface area contributed by atoms with Gasteiger partial charge in [-0.05, 0) is 25.1 Å². The molecule has 0 saturated carbocycles. The zero-order valence-electron chi connectivity index (χ0n) is 12.5. The molecule has 23 heavy (non-hydrogen) atoms. The molecule has 8 heteroatoms. The molecule has 3 rings (SSSR count). The molecule has 0 saturated heterocycles. The molecule has 2 heterocycles. The van der Waals surface area contributed by atoms with Crippen LogP contribution in [0.1, 0.15) is 5.76 Å². The molecule has 0 bridgehead atoms. The molecule has 0 amide bonds. The minimum atomic E-state index is 0.576. The Morgan fingerprint density at radius 3 is 2.52 bits per heavy atom. The Morgan fingerprint density at radius 1 is 1.04 bits per heavy atom. The third-order valence-corrected chi connectivity index (χ3v) is 3.21. The van der Waals surface area contributed by atoms with Crippen LogP contribution in [-0.2, 0) is 0 Å². The van der Waals surface area contributed by atoms with Crippen molar-refractivity contribution < 1.29 is 9.26 Å². The first kappa shape index (κ1) is 15.1. The van der Waals surface area contributed by atoms with Crippen LogP contribution in [0.5, 0.6) is 5.75 Å². The quantitative estimate of drug-likeness (QED) is 0.732. The molecule has 0 aliphatic carbocycles. The van der Waals surface area contributed by atoms with E-state index in [0.29, 0.717) is 39.7 Å². The Balaban J connectivity index is 1.81. The lowest BCUT2D eigenvalue weighted by atomic mass is 10.3. The van der Waals surface area contributed by atoms with Gasteiger partial charge in [-0.2, -0.15) is 0 Å². The molecular formula is C15H14ClN5O2. The second-order valence-electron chi connectivity index (χ2n) is 4.71. The molecule has 0 radical (unpaired) electrons. The molecular weight excluding hydrogens is 318 g/mol. The SMILES string of the molecule is COc1ccc(Cl)cc1Nc1cc(Nc2cc(C)on2)ncn1. The highest BCUT2D eigenvalue weighted by atomic mass is 35.5. The zero-order chi connectivity index (χ0) is 16.2. The Hall–Kier alpha value is -2.80. The van der Waals surface area contributed by atoms with E-state index in [1.165, 1.54) is 6.33 Å². The number of aryl methyl sites for hydroxylation is 1. The Labute approximate surface area is 137 Å². The highest BCUT2D eigenvalue weighted by Crippen LogP contribution is 2.30. The van der Waals surface area contributed by atoms with Gasteiger partial charge in [0.1, 0.15) is 29.5 Å². The summed E-state index contributed by atoms with van der Waals surface area (Å²) in [6.07, 6.45) is 1.44. The van der Waals surface area contributed by atoms with Gasteiger partial charge in [-0.3, -0.25) is 0 Å². The van der Waals surface area contributed by atoms with Gasteiger partial charge in [0.2, 0.25) is 0 Å². The van der Waals surface area contributed by atoms with Crippen molar-refractivity contribution in [3.63, 3.8) is 0 Å². The summed E-state index contributed by atoms with van der Waals surface area (Å²) in [5.41, 5.74) is 0.710. The predicted molar refractivity (Wildman–Crippen MR) is 87.8 cm³/mol. The van der Waals surface area contributed by atoms with Crippen molar-refractivity contribution in [2.45, 2.75) is 6.92 Å². The number of halogens is 1. The number of hydrogen-bond acceptors (Lipinski definition) is 7. The zero-order valence-corrected chi connectivity index (χ0v) is 13.3. The minimum absolute atomic E-state index is 0.576. The normalized spacial score (nSPS) is 10.4. The van der Waals surface area contributed by atoms with E-state index in [9.17, 15) is 0 Å². The lowest BCUT2D eigenvalue weighted by molar-refractivity contribution is 0.400. The van der Waals surface area contributed by atoms with Crippen LogP contribution in [0.2, 0.25) is 5.02 Å². The van der Waals surface area contributed by atoms with Crippen LogP contribution in [0.4, 0.5) is 23.1 Å². The number of rotatable bonds is 5. The van der Waals surface area contributed by atoms with E-state index in [1.807, 2.05) is 6.92 Å². The molecule has 0 atom stereocenters. The highest BCUT2D eigenvalue weighted by molar-refractivity contribution is 6.31. The summed E-state index contributed by atoms with van der Waals surface area (Å²) in [6, 6.07) is 8.81. The van der Waals surface area contributed by atoms with Crippen LogP contribution in [0.25, 0.3) is 0 Å². The maximum Gasteiger partial charge on any atom is 0.175 e. The van der Waals surface area contributed by atoms with Crippen molar-refractivity contribution >= 4 is 34.7 Å². The molecule has 0 aliphatic rings. The fourth-order valence-electron chi connectivity index (χ4n) is 1.97. The van der Waals surface area contributed by atoms with E-state index in [2.05, 4.69) is 25.8 Å². The molecule has 2 N–H and O–H groups in total. The second kappa shape index (κ2) is 6.53. The van der Waals surface area contributed by atoms with Gasteiger partial charge in [-0.25, -0.2) is 9.97 Å². The van der Waals surface area contributed by atoms with E-state index < -0.39 is 0 Å². The summed E-state index contributed by atoms with van der Waals surface area (Å²) in [5, 5.41) is 10.6. The summed E-state index contributed by atoms with van der Waals surface area (Å²) < 4.78 is 10.3. The summed E-state index contributed by atoms with van der Waals surface area (Å²) in [5.74, 6) is 3.12. The standard InChI is InChI=1S/C15H14ClN5O2/c1-9-5-15(21-23-9)20-14-7-13(17-8-18-14)19-11-6-10(16)3-4-12(11)22-2/h3-8H,1-2H3,(H2,17,18,19,20,21). The van der Waals surface area contributed by atoms with Crippen molar-refractivity contribution in [3.8, 4) is 5.75 Å². The van der Waals surface area contributed by atoms with Crippen molar-refractivity contribution in [3.05, 3.63) is 47.4 Å². The van der Waals surface area contributed by atoms with Crippen molar-refractivity contribution in [1.82, 2.24) is 15.1 Å². The van der Waals surface area contributed by atoms with E-state index in [4.69, 9.17) is 20.9 Å². The maximum atomic E-state index is 6.02. The van der Waals surface area contributed by atoms with Gasteiger partial charge < -0.3 is 19.9 Å². The lowest BCUT2D eigenvalue weighted by Crippen LogP contribution is -2.00. The van der Waals surface area contributed by atoms with Gasteiger partial charge in [-0.15, -0.1) is 0 Å². The molecule has 7 nitrogen and oxygen atoms in total. The van der Waals surface area contributed by atoms with Crippen LogP contribution in [0.3, 0.4) is 0 Å². The molecule has 118 valence electrons. The minimum Gasteiger partial charge on any atom is -0.495 e. The average Bonchev–Trinajstić information content (AvgIpc) is 2.93. The maximum absolute atomic E-state index is 6.02. The van der Waals surface area contributed by atoms with Crippen molar-refractivity contribution in [2.24, 2.45) is 0 Å². The van der Waals surface area contributed by atoms with Crippen molar-refractivity contribution in [2.75, 3.05) is 17.7 Å². The topological polar surface area (TPSA) is 85.1 Å². The molecule has 2 aromatic heterocycles. The van der Waals surface area contributed by atoms with E-state index in [-0.39, 0.29) is 0 Å². The molecule has 1 aromatic carbocycles. The third kappa shape index (κ3) is 3.70. The number of benzene rings is 1. The number of ether oxygens (including phenoxy) is 1. The molecule has 0 aliphatic heterocycles. The molecule has 0 unspecified atom stereocenters. The number of nitrogens with zero attached hydrogens (tertiary/aromatic N) is 3. The first-order valence-corrected chi connectivity index (χ1v) is 7.15. The fourth-order valence-corrected chi connectivity index (χ4v) is 2.14. The van der Waals surface area contributed by atoms with Gasteiger partial charge in [-0.1, -0.05) is 16.8 Å². The van der Waals surface area contributed by atoms with Crippen molar-refractivity contribution in [1.29, 1.82) is 0 Å². The van der Waals surface area contributed by atoms with Crippen LogP contribution in [0.15, 0.2) is 41.2 Å². The molecule has 3 aromatic rings. The summed E-state index contributed by atoms with van der Waals surface area (Å²) in [4.78, 5) is 8.33. The number of hydrogen-bond donors (Lipinski definition) is 2. The number of nitrogens with one attached hydrogen (secondary N) is 2. The van der Waals surface area contributed by atoms with Crippen LogP contribution in [-0.4, -0.2) is 22.2 Å². The Kier molecular flexibility index (Phi) is 4.29.